The first-order chi connectivity index (χ1) is 9.04. The minimum atomic E-state index is -3.08. The summed E-state index contributed by atoms with van der Waals surface area (Å²) in [5.74, 6) is 2.97. The van der Waals surface area contributed by atoms with Gasteiger partial charge in [-0.25, -0.2) is 13.1 Å². The molecule has 2 rings (SSSR count). The molecule has 0 spiro atoms. The third kappa shape index (κ3) is 5.61. The van der Waals surface area contributed by atoms with Crippen molar-refractivity contribution in [1.29, 1.82) is 0 Å². The number of thioether (sulfide) groups is 1. The molecular weight excluding hydrogens is 280 g/mol. The van der Waals surface area contributed by atoms with Gasteiger partial charge < -0.3 is 5.32 Å². The van der Waals surface area contributed by atoms with Crippen LogP contribution in [0, 0.1) is 5.92 Å². The van der Waals surface area contributed by atoms with E-state index in [9.17, 15) is 8.42 Å². The lowest BCUT2D eigenvalue weighted by Crippen LogP contribution is -2.47. The van der Waals surface area contributed by atoms with E-state index in [1.54, 1.807) is 0 Å². The van der Waals surface area contributed by atoms with E-state index in [-0.39, 0.29) is 6.04 Å². The second kappa shape index (κ2) is 7.29. The molecule has 4 nitrogen and oxygen atoms in total. The van der Waals surface area contributed by atoms with E-state index in [4.69, 9.17) is 0 Å². The minimum absolute atomic E-state index is 0.134. The van der Waals surface area contributed by atoms with Gasteiger partial charge in [-0.15, -0.1) is 0 Å². The van der Waals surface area contributed by atoms with Crippen molar-refractivity contribution in [3.8, 4) is 0 Å². The number of hydrogen-bond acceptors (Lipinski definition) is 4. The largest absolute Gasteiger partial charge is 0.314 e. The molecule has 2 fully saturated rings. The normalized spacial score (nSPS) is 30.4. The molecule has 2 atom stereocenters. The van der Waals surface area contributed by atoms with Crippen LogP contribution in [-0.2, 0) is 10.0 Å². The highest BCUT2D eigenvalue weighted by atomic mass is 32.2. The van der Waals surface area contributed by atoms with Crippen molar-refractivity contribution in [2.45, 2.75) is 50.6 Å². The fourth-order valence-electron chi connectivity index (χ4n) is 3.10. The predicted octanol–water partition coefficient (Wildman–Crippen LogP) is 1.58. The Morgan fingerprint density at radius 1 is 1.11 bits per heavy atom. The zero-order valence-electron chi connectivity index (χ0n) is 11.7. The van der Waals surface area contributed by atoms with Gasteiger partial charge >= 0.3 is 0 Å². The summed E-state index contributed by atoms with van der Waals surface area (Å²) in [5, 5.41) is 3.66. The fourth-order valence-corrected chi connectivity index (χ4v) is 5.07. The molecule has 1 heterocycles. The zero-order valence-corrected chi connectivity index (χ0v) is 13.4. The highest BCUT2D eigenvalue weighted by Crippen LogP contribution is 2.25. The fraction of sp³-hybridized carbons (Fsp3) is 1.00. The molecule has 1 aliphatic heterocycles. The molecule has 0 aromatic heterocycles. The van der Waals surface area contributed by atoms with Crippen LogP contribution in [0.4, 0.5) is 0 Å². The Kier molecular flexibility index (Phi) is 5.99. The second-order valence-electron chi connectivity index (χ2n) is 5.84. The van der Waals surface area contributed by atoms with Gasteiger partial charge in [0.2, 0.25) is 10.0 Å². The van der Waals surface area contributed by atoms with E-state index >= 15 is 0 Å². The standard InChI is InChI=1S/C13H26N2O2S2/c1-19(16,17)15-13-5-3-2-4-11(13)10-14-12-6-8-18-9-7-12/h11-15H,2-10H2,1H3. The summed E-state index contributed by atoms with van der Waals surface area (Å²) in [4.78, 5) is 0. The Morgan fingerprint density at radius 3 is 2.47 bits per heavy atom. The molecular formula is C13H26N2O2S2. The SMILES string of the molecule is CS(=O)(=O)NC1CCCCC1CNC1CCSCC1. The Morgan fingerprint density at radius 2 is 1.79 bits per heavy atom. The van der Waals surface area contributed by atoms with E-state index in [1.165, 1.54) is 37.0 Å². The molecule has 0 amide bonds. The molecule has 2 N–H and O–H groups in total. The van der Waals surface area contributed by atoms with Crippen LogP contribution in [0.2, 0.25) is 0 Å². The zero-order chi connectivity index (χ0) is 13.7. The molecule has 1 aliphatic carbocycles. The molecule has 0 aromatic rings. The lowest BCUT2D eigenvalue weighted by Gasteiger charge is -2.33. The van der Waals surface area contributed by atoms with Gasteiger partial charge in [-0.1, -0.05) is 12.8 Å². The molecule has 19 heavy (non-hydrogen) atoms. The summed E-state index contributed by atoms with van der Waals surface area (Å²) in [7, 11) is -3.08. The Labute approximate surface area is 121 Å². The van der Waals surface area contributed by atoms with Gasteiger partial charge in [-0.05, 0) is 49.7 Å². The number of sulfonamides is 1. The van der Waals surface area contributed by atoms with Crippen LogP contribution >= 0.6 is 11.8 Å². The van der Waals surface area contributed by atoms with Crippen molar-refractivity contribution in [3.05, 3.63) is 0 Å². The smallest absolute Gasteiger partial charge is 0.208 e. The first-order valence-electron chi connectivity index (χ1n) is 7.33. The van der Waals surface area contributed by atoms with Gasteiger partial charge in [0.25, 0.3) is 0 Å². The van der Waals surface area contributed by atoms with E-state index in [0.717, 1.165) is 25.8 Å². The quantitative estimate of drug-likeness (QED) is 0.810. The Balaban J connectivity index is 1.81. The van der Waals surface area contributed by atoms with Gasteiger partial charge in [0.15, 0.2) is 0 Å². The molecule has 0 aromatic carbocycles. The van der Waals surface area contributed by atoms with Crippen molar-refractivity contribution < 1.29 is 8.42 Å². The van der Waals surface area contributed by atoms with Gasteiger partial charge in [0.05, 0.1) is 6.26 Å². The van der Waals surface area contributed by atoms with Crippen LogP contribution in [0.5, 0.6) is 0 Å². The predicted molar refractivity (Wildman–Crippen MR) is 82.1 cm³/mol. The lowest BCUT2D eigenvalue weighted by molar-refractivity contribution is 0.268. The van der Waals surface area contributed by atoms with Crippen molar-refractivity contribution >= 4 is 21.8 Å². The number of nitrogens with one attached hydrogen (secondary N) is 2. The van der Waals surface area contributed by atoms with Crippen molar-refractivity contribution in [2.75, 3.05) is 24.3 Å². The summed E-state index contributed by atoms with van der Waals surface area (Å²) >= 11 is 2.04. The van der Waals surface area contributed by atoms with Gasteiger partial charge in [0.1, 0.15) is 0 Å². The van der Waals surface area contributed by atoms with E-state index in [1.807, 2.05) is 11.8 Å². The Bertz CT molecular complexity index is 367. The van der Waals surface area contributed by atoms with Crippen LogP contribution in [0.3, 0.4) is 0 Å². The van der Waals surface area contributed by atoms with Gasteiger partial charge in [-0.3, -0.25) is 0 Å². The highest BCUT2D eigenvalue weighted by Gasteiger charge is 2.27. The third-order valence-corrected chi connectivity index (χ3v) is 5.94. The first-order valence-corrected chi connectivity index (χ1v) is 10.4. The van der Waals surface area contributed by atoms with E-state index < -0.39 is 10.0 Å². The van der Waals surface area contributed by atoms with Gasteiger partial charge in [-0.2, -0.15) is 11.8 Å². The third-order valence-electron chi connectivity index (χ3n) is 4.16. The van der Waals surface area contributed by atoms with Gasteiger partial charge in [0, 0.05) is 12.1 Å². The van der Waals surface area contributed by atoms with E-state index in [0.29, 0.717) is 12.0 Å². The average Bonchev–Trinajstić information content (AvgIpc) is 2.37. The maximum absolute atomic E-state index is 11.4. The maximum Gasteiger partial charge on any atom is 0.208 e. The first kappa shape index (κ1) is 15.6. The highest BCUT2D eigenvalue weighted by molar-refractivity contribution is 7.99. The molecule has 1 saturated heterocycles. The average molecular weight is 306 g/mol. The maximum atomic E-state index is 11.4. The van der Waals surface area contributed by atoms with Crippen LogP contribution in [0.25, 0.3) is 0 Å². The van der Waals surface area contributed by atoms with Crippen molar-refractivity contribution in [3.63, 3.8) is 0 Å². The Hall–Kier alpha value is 0.220. The van der Waals surface area contributed by atoms with Crippen LogP contribution in [0.1, 0.15) is 38.5 Å². The molecule has 112 valence electrons. The summed E-state index contributed by atoms with van der Waals surface area (Å²) in [6.45, 7) is 0.961. The summed E-state index contributed by atoms with van der Waals surface area (Å²) < 4.78 is 25.7. The van der Waals surface area contributed by atoms with Crippen molar-refractivity contribution in [2.24, 2.45) is 5.92 Å². The molecule has 0 radical (unpaired) electrons. The minimum Gasteiger partial charge on any atom is -0.314 e. The summed E-state index contributed by atoms with van der Waals surface area (Å²) in [6, 6.07) is 0.774. The number of rotatable bonds is 5. The van der Waals surface area contributed by atoms with Crippen LogP contribution < -0.4 is 10.0 Å². The molecule has 1 saturated carbocycles. The summed E-state index contributed by atoms with van der Waals surface area (Å²) in [6.07, 6.45) is 8.27. The van der Waals surface area contributed by atoms with E-state index in [2.05, 4.69) is 10.0 Å². The van der Waals surface area contributed by atoms with Crippen LogP contribution in [-0.4, -0.2) is 44.8 Å². The molecule has 0 bridgehead atoms. The second-order valence-corrected chi connectivity index (χ2v) is 8.84. The molecule has 2 unspecified atom stereocenters. The lowest BCUT2D eigenvalue weighted by atomic mass is 9.85. The molecule has 2 aliphatic rings. The topological polar surface area (TPSA) is 58.2 Å². The van der Waals surface area contributed by atoms with Crippen LogP contribution in [0.15, 0.2) is 0 Å². The molecule has 6 heteroatoms. The monoisotopic (exact) mass is 306 g/mol. The number of hydrogen-bond donors (Lipinski definition) is 2. The van der Waals surface area contributed by atoms with Crippen molar-refractivity contribution in [1.82, 2.24) is 10.0 Å². The summed E-state index contributed by atoms with van der Waals surface area (Å²) in [5.41, 5.74) is 0.